The van der Waals surface area contributed by atoms with Gasteiger partial charge >= 0.3 is 0 Å². The molecule has 136 valence electrons. The largest absolute Gasteiger partial charge is 0.298 e. The maximum absolute atomic E-state index is 4.55. The van der Waals surface area contributed by atoms with Crippen LogP contribution in [-0.4, -0.2) is 14.8 Å². The van der Waals surface area contributed by atoms with Crippen molar-refractivity contribution in [3.63, 3.8) is 0 Å². The van der Waals surface area contributed by atoms with Gasteiger partial charge in [-0.3, -0.25) is 4.57 Å². The van der Waals surface area contributed by atoms with Crippen molar-refractivity contribution in [1.29, 1.82) is 0 Å². The molecule has 0 N–H and O–H groups in total. The van der Waals surface area contributed by atoms with E-state index in [-0.39, 0.29) is 5.25 Å². The molecule has 3 nitrogen and oxygen atoms in total. The van der Waals surface area contributed by atoms with Crippen LogP contribution in [0.3, 0.4) is 0 Å². The van der Waals surface area contributed by atoms with Crippen LogP contribution in [0.15, 0.2) is 96.7 Å². The van der Waals surface area contributed by atoms with Crippen molar-refractivity contribution in [2.75, 3.05) is 0 Å². The summed E-state index contributed by atoms with van der Waals surface area (Å²) in [6, 6.07) is 27.5. The molecule has 0 saturated carbocycles. The van der Waals surface area contributed by atoms with E-state index < -0.39 is 0 Å². The van der Waals surface area contributed by atoms with Gasteiger partial charge in [0.05, 0.1) is 5.25 Å². The summed E-state index contributed by atoms with van der Waals surface area (Å²) in [4.78, 5) is 0. The fourth-order valence-electron chi connectivity index (χ4n) is 3.81. The minimum atomic E-state index is 0.212. The molecule has 5 rings (SSSR count). The van der Waals surface area contributed by atoms with Crippen molar-refractivity contribution >= 4 is 11.8 Å². The zero-order chi connectivity index (χ0) is 18.9. The Labute approximate surface area is 168 Å². The van der Waals surface area contributed by atoms with Crippen molar-refractivity contribution in [2.45, 2.75) is 17.0 Å². The van der Waals surface area contributed by atoms with Crippen LogP contribution in [0, 0.1) is 0 Å². The molecule has 0 aliphatic heterocycles. The Balaban J connectivity index is 1.59. The van der Waals surface area contributed by atoms with Crippen molar-refractivity contribution in [3.8, 4) is 22.5 Å². The highest BCUT2D eigenvalue weighted by molar-refractivity contribution is 7.99. The lowest BCUT2D eigenvalue weighted by Gasteiger charge is -2.14. The maximum Gasteiger partial charge on any atom is 0.192 e. The first-order valence-electron chi connectivity index (χ1n) is 9.31. The first-order chi connectivity index (χ1) is 13.9. The normalized spacial score (nSPS) is 12.6. The minimum Gasteiger partial charge on any atom is -0.298 e. The molecule has 0 unspecified atom stereocenters. The van der Waals surface area contributed by atoms with Crippen molar-refractivity contribution in [1.82, 2.24) is 14.8 Å². The molecule has 1 aliphatic carbocycles. The highest BCUT2D eigenvalue weighted by Gasteiger charge is 2.30. The summed E-state index contributed by atoms with van der Waals surface area (Å²) in [5.41, 5.74) is 6.37. The summed E-state index contributed by atoms with van der Waals surface area (Å²) in [5, 5.41) is 10.2. The van der Waals surface area contributed by atoms with E-state index in [9.17, 15) is 0 Å². The molecule has 0 saturated heterocycles. The second kappa shape index (κ2) is 7.13. The number of hydrogen-bond acceptors (Lipinski definition) is 3. The average Bonchev–Trinajstić information content (AvgIpc) is 3.29. The van der Waals surface area contributed by atoms with Crippen molar-refractivity contribution in [3.05, 3.63) is 103 Å². The molecule has 0 amide bonds. The number of allylic oxidation sites excluding steroid dienone is 1. The number of hydrogen-bond donors (Lipinski definition) is 0. The molecule has 0 radical (unpaired) electrons. The predicted octanol–water partition coefficient (Wildman–Crippen LogP) is 5.99. The van der Waals surface area contributed by atoms with Gasteiger partial charge in [0.15, 0.2) is 11.0 Å². The van der Waals surface area contributed by atoms with Crippen molar-refractivity contribution in [2.24, 2.45) is 0 Å². The first kappa shape index (κ1) is 17.0. The molecule has 1 heterocycles. The SMILES string of the molecule is C=CCn1c(SC2c3ccccc3-c3ccccc32)nnc1-c1ccccc1. The molecule has 1 aliphatic rings. The van der Waals surface area contributed by atoms with Crippen LogP contribution in [0.25, 0.3) is 22.5 Å². The third-order valence-electron chi connectivity index (χ3n) is 5.06. The lowest BCUT2D eigenvalue weighted by Crippen LogP contribution is -2.02. The van der Waals surface area contributed by atoms with Crippen LogP contribution in [-0.2, 0) is 6.54 Å². The lowest BCUT2D eigenvalue weighted by atomic mass is 10.1. The highest BCUT2D eigenvalue weighted by atomic mass is 32.2. The van der Waals surface area contributed by atoms with E-state index in [0.717, 1.165) is 16.5 Å². The van der Waals surface area contributed by atoms with Gasteiger partial charge in [-0.05, 0) is 22.3 Å². The molecule has 3 aromatic carbocycles. The molecule has 4 aromatic rings. The quantitative estimate of drug-likeness (QED) is 0.398. The standard InChI is InChI=1S/C24H19N3S/c1-2-16-27-23(17-10-4-3-5-11-17)25-26-24(27)28-22-20-14-8-6-12-18(20)19-13-7-9-15-21(19)22/h2-15,22H,1,16H2. The van der Waals surface area contributed by atoms with Gasteiger partial charge in [0, 0.05) is 12.1 Å². The predicted molar refractivity (Wildman–Crippen MR) is 115 cm³/mol. The Hall–Kier alpha value is -3.11. The topological polar surface area (TPSA) is 30.7 Å². The summed E-state index contributed by atoms with van der Waals surface area (Å²) in [5.74, 6) is 0.877. The van der Waals surface area contributed by atoms with Gasteiger partial charge in [0.25, 0.3) is 0 Å². The van der Waals surface area contributed by atoms with Crippen LogP contribution in [0.2, 0.25) is 0 Å². The molecule has 0 bridgehead atoms. The first-order valence-corrected chi connectivity index (χ1v) is 10.2. The van der Waals surface area contributed by atoms with Gasteiger partial charge < -0.3 is 0 Å². The van der Waals surface area contributed by atoms with Gasteiger partial charge in [-0.1, -0.05) is 96.7 Å². The van der Waals surface area contributed by atoms with E-state index in [2.05, 4.69) is 82.0 Å². The summed E-state index contributed by atoms with van der Waals surface area (Å²) in [7, 11) is 0. The third-order valence-corrected chi connectivity index (χ3v) is 6.32. The second-order valence-electron chi connectivity index (χ2n) is 6.74. The Morgan fingerprint density at radius 3 is 2.07 bits per heavy atom. The fourth-order valence-corrected chi connectivity index (χ4v) is 5.06. The van der Waals surface area contributed by atoms with E-state index in [1.165, 1.54) is 22.3 Å². The molecule has 4 heteroatoms. The number of aromatic nitrogens is 3. The number of fused-ring (bicyclic) bond motifs is 3. The Morgan fingerprint density at radius 1 is 0.821 bits per heavy atom. The molecular formula is C24H19N3S. The van der Waals surface area contributed by atoms with Gasteiger partial charge in [0.1, 0.15) is 0 Å². The van der Waals surface area contributed by atoms with Gasteiger partial charge in [-0.2, -0.15) is 0 Å². The van der Waals surface area contributed by atoms with Crippen LogP contribution in [0.4, 0.5) is 0 Å². The second-order valence-corrected chi connectivity index (χ2v) is 7.82. The summed E-state index contributed by atoms with van der Waals surface area (Å²) < 4.78 is 2.15. The molecule has 28 heavy (non-hydrogen) atoms. The van der Waals surface area contributed by atoms with E-state index >= 15 is 0 Å². The van der Waals surface area contributed by atoms with Gasteiger partial charge in [-0.25, -0.2) is 0 Å². The smallest absolute Gasteiger partial charge is 0.192 e. The summed E-state index contributed by atoms with van der Waals surface area (Å²) in [6.45, 7) is 4.61. The van der Waals surface area contributed by atoms with Crippen molar-refractivity contribution < 1.29 is 0 Å². The number of nitrogens with zero attached hydrogens (tertiary/aromatic N) is 3. The van der Waals surface area contributed by atoms with E-state index in [4.69, 9.17) is 0 Å². The highest BCUT2D eigenvalue weighted by Crippen LogP contribution is 2.51. The Bertz CT molecular complexity index is 1100. The van der Waals surface area contributed by atoms with Crippen LogP contribution >= 0.6 is 11.8 Å². The molecule has 1 aromatic heterocycles. The maximum atomic E-state index is 4.55. The minimum absolute atomic E-state index is 0.212. The number of benzene rings is 3. The van der Waals surface area contributed by atoms with Gasteiger partial charge in [-0.15, -0.1) is 16.8 Å². The Morgan fingerprint density at radius 2 is 1.43 bits per heavy atom. The monoisotopic (exact) mass is 381 g/mol. The zero-order valence-corrected chi connectivity index (χ0v) is 16.1. The molecule has 0 atom stereocenters. The lowest BCUT2D eigenvalue weighted by molar-refractivity contribution is 0.730. The summed E-state index contributed by atoms with van der Waals surface area (Å²) in [6.07, 6.45) is 1.90. The van der Waals surface area contributed by atoms with E-state index in [1.54, 1.807) is 11.8 Å². The average molecular weight is 382 g/mol. The molecule has 0 fully saturated rings. The van der Waals surface area contributed by atoms with Crippen LogP contribution in [0.5, 0.6) is 0 Å². The Kier molecular flexibility index (Phi) is 4.34. The fraction of sp³-hybridized carbons (Fsp3) is 0.0833. The van der Waals surface area contributed by atoms with Gasteiger partial charge in [0.2, 0.25) is 0 Å². The van der Waals surface area contributed by atoms with Crippen LogP contribution < -0.4 is 0 Å². The third kappa shape index (κ3) is 2.77. The van der Waals surface area contributed by atoms with Crippen LogP contribution in [0.1, 0.15) is 16.4 Å². The van der Waals surface area contributed by atoms with E-state index in [1.807, 2.05) is 24.3 Å². The van der Waals surface area contributed by atoms with E-state index in [0.29, 0.717) is 6.54 Å². The molecular weight excluding hydrogens is 362 g/mol. The molecule has 0 spiro atoms. The number of thioether (sulfide) groups is 1. The summed E-state index contributed by atoms with van der Waals surface area (Å²) >= 11 is 1.76. The number of rotatable bonds is 5. The zero-order valence-electron chi connectivity index (χ0n) is 15.3.